The highest BCUT2D eigenvalue weighted by atomic mass is 35.6. The van der Waals surface area contributed by atoms with Crippen molar-refractivity contribution in [2.75, 3.05) is 7.05 Å². The van der Waals surface area contributed by atoms with Crippen LogP contribution in [-0.4, -0.2) is 26.3 Å². The van der Waals surface area contributed by atoms with Gasteiger partial charge >= 0.3 is 6.09 Å². The number of alkyl halides is 3. The van der Waals surface area contributed by atoms with E-state index in [-0.39, 0.29) is 0 Å². The van der Waals surface area contributed by atoms with Crippen molar-refractivity contribution in [2.24, 2.45) is 10.6 Å². The number of oxime groups is 1. The van der Waals surface area contributed by atoms with E-state index in [0.717, 1.165) is 4.31 Å². The van der Waals surface area contributed by atoms with E-state index in [1.807, 2.05) is 6.07 Å². The SMILES string of the molecule is C/C(=N\OC(=O)N(C)SC(Cl)(Cl)Cl)C(C)(C)C#N. The predicted octanol–water partition coefficient (Wildman–Crippen LogP) is 3.96. The van der Waals surface area contributed by atoms with Crippen LogP contribution in [0.2, 0.25) is 0 Å². The molecule has 0 fully saturated rings. The van der Waals surface area contributed by atoms with Crippen molar-refractivity contribution < 1.29 is 9.63 Å². The molecule has 9 heteroatoms. The molecule has 0 N–H and O–H groups in total. The van der Waals surface area contributed by atoms with Crippen LogP contribution >= 0.6 is 46.8 Å². The first kappa shape index (κ1) is 17.6. The molecule has 0 unspecified atom stereocenters. The summed E-state index contributed by atoms with van der Waals surface area (Å²) in [6.45, 7) is 4.89. The lowest BCUT2D eigenvalue weighted by Crippen LogP contribution is -2.24. The van der Waals surface area contributed by atoms with Gasteiger partial charge in [0.05, 0.1) is 17.2 Å². The van der Waals surface area contributed by atoms with Crippen LogP contribution in [-0.2, 0) is 4.84 Å². The third-order valence-corrected chi connectivity index (χ3v) is 3.19. The van der Waals surface area contributed by atoms with Crippen molar-refractivity contribution in [1.29, 1.82) is 5.26 Å². The molecule has 102 valence electrons. The van der Waals surface area contributed by atoms with Crippen LogP contribution in [0.4, 0.5) is 4.79 Å². The summed E-state index contributed by atoms with van der Waals surface area (Å²) in [5.41, 5.74) is -0.452. The summed E-state index contributed by atoms with van der Waals surface area (Å²) >= 11 is 17.1. The summed E-state index contributed by atoms with van der Waals surface area (Å²) in [6.07, 6.45) is -0.806. The van der Waals surface area contributed by atoms with Crippen molar-refractivity contribution in [3.63, 3.8) is 0 Å². The third-order valence-electron chi connectivity index (χ3n) is 1.94. The number of hydrogen-bond acceptors (Lipinski definition) is 5. The van der Waals surface area contributed by atoms with Crippen molar-refractivity contribution in [3.05, 3.63) is 0 Å². The van der Waals surface area contributed by atoms with E-state index in [0.29, 0.717) is 17.7 Å². The van der Waals surface area contributed by atoms with Crippen LogP contribution in [0.3, 0.4) is 0 Å². The molecule has 0 aromatic rings. The van der Waals surface area contributed by atoms with Gasteiger partial charge in [-0.2, -0.15) is 5.26 Å². The highest BCUT2D eigenvalue weighted by Gasteiger charge is 2.28. The number of amides is 1. The molecule has 0 heterocycles. The van der Waals surface area contributed by atoms with Gasteiger partial charge in [-0.1, -0.05) is 40.0 Å². The normalized spacial score (nSPS) is 12.9. The van der Waals surface area contributed by atoms with Crippen LogP contribution in [0.25, 0.3) is 0 Å². The lowest BCUT2D eigenvalue weighted by Gasteiger charge is -2.18. The Kier molecular flexibility index (Phi) is 6.58. The second kappa shape index (κ2) is 6.71. The van der Waals surface area contributed by atoms with Crippen molar-refractivity contribution in [2.45, 2.75) is 23.9 Å². The molecule has 5 nitrogen and oxygen atoms in total. The molecule has 0 aliphatic rings. The first-order chi connectivity index (χ1) is 7.99. The molecule has 0 aromatic heterocycles. The average Bonchev–Trinajstić information content (AvgIpc) is 2.22. The highest BCUT2D eigenvalue weighted by molar-refractivity contribution is 8.03. The monoisotopic (exact) mass is 331 g/mol. The molecule has 0 rings (SSSR count). The van der Waals surface area contributed by atoms with E-state index < -0.39 is 14.6 Å². The highest BCUT2D eigenvalue weighted by Crippen LogP contribution is 2.40. The van der Waals surface area contributed by atoms with E-state index in [2.05, 4.69) is 9.99 Å². The fourth-order valence-electron chi connectivity index (χ4n) is 0.553. The Morgan fingerprint density at radius 3 is 2.33 bits per heavy atom. The number of nitriles is 1. The second-order valence-electron chi connectivity index (χ2n) is 3.81. The quantitative estimate of drug-likeness (QED) is 0.258. The Morgan fingerprint density at radius 2 is 1.94 bits per heavy atom. The van der Waals surface area contributed by atoms with Crippen molar-refractivity contribution in [1.82, 2.24) is 4.31 Å². The largest absolute Gasteiger partial charge is 0.445 e. The van der Waals surface area contributed by atoms with Gasteiger partial charge in [0.2, 0.25) is 0 Å². The zero-order valence-electron chi connectivity index (χ0n) is 10.2. The molecule has 18 heavy (non-hydrogen) atoms. The topological polar surface area (TPSA) is 65.7 Å². The Bertz CT molecular complexity index is 387. The number of nitrogens with zero attached hydrogens (tertiary/aromatic N) is 3. The number of rotatable bonds is 3. The molecular weight excluding hydrogens is 321 g/mol. The third kappa shape index (κ3) is 6.55. The molecule has 0 spiro atoms. The Labute approximate surface area is 125 Å². The van der Waals surface area contributed by atoms with Gasteiger partial charge in [0.1, 0.15) is 0 Å². The number of carbonyl (C=O) groups excluding carboxylic acids is 1. The van der Waals surface area contributed by atoms with Crippen LogP contribution < -0.4 is 0 Å². The number of hydrogen-bond donors (Lipinski definition) is 0. The van der Waals surface area contributed by atoms with Gasteiger partial charge in [-0.3, -0.25) is 4.84 Å². The van der Waals surface area contributed by atoms with Gasteiger partial charge in [-0.15, -0.1) is 0 Å². The van der Waals surface area contributed by atoms with Gasteiger partial charge in [-0.25, -0.2) is 9.10 Å². The molecule has 1 amide bonds. The van der Waals surface area contributed by atoms with Crippen LogP contribution in [0.15, 0.2) is 5.16 Å². The zero-order chi connectivity index (χ0) is 14.6. The van der Waals surface area contributed by atoms with Gasteiger partial charge in [0, 0.05) is 19.0 Å². The summed E-state index contributed by atoms with van der Waals surface area (Å²) < 4.78 is -0.679. The molecule has 0 aliphatic carbocycles. The Hall–Kier alpha value is -0.350. The molecule has 0 atom stereocenters. The number of carbonyl (C=O) groups is 1. The maximum Gasteiger partial charge on any atom is 0.445 e. The van der Waals surface area contributed by atoms with E-state index in [9.17, 15) is 4.79 Å². The van der Waals surface area contributed by atoms with Gasteiger partial charge in [-0.05, 0) is 20.8 Å². The van der Waals surface area contributed by atoms with E-state index in [1.165, 1.54) is 7.05 Å². The molecule has 0 radical (unpaired) electrons. The second-order valence-corrected chi connectivity index (χ2v) is 8.10. The first-order valence-electron chi connectivity index (χ1n) is 4.66. The van der Waals surface area contributed by atoms with Crippen LogP contribution in [0.1, 0.15) is 20.8 Å². The lowest BCUT2D eigenvalue weighted by atomic mass is 9.91. The molecule has 0 saturated heterocycles. The minimum Gasteiger partial charge on any atom is -0.297 e. The van der Waals surface area contributed by atoms with E-state index in [4.69, 9.17) is 40.1 Å². The maximum absolute atomic E-state index is 11.5. The molecule has 0 aromatic carbocycles. The molecule has 0 aliphatic heterocycles. The van der Waals surface area contributed by atoms with Gasteiger partial charge in [0.25, 0.3) is 3.12 Å². The standard InChI is InChI=1S/C9H12Cl3N3O2S/c1-6(8(2,3)5-13)14-17-7(16)15(4)18-9(10,11)12/h1-4H3/b14-6+. The molecular formula is C9H12Cl3N3O2S. The van der Waals surface area contributed by atoms with Gasteiger partial charge < -0.3 is 0 Å². The Morgan fingerprint density at radius 1 is 1.44 bits per heavy atom. The Balaban J connectivity index is 4.53. The van der Waals surface area contributed by atoms with Crippen molar-refractivity contribution in [3.8, 4) is 6.07 Å². The minimum absolute atomic E-state index is 0.366. The van der Waals surface area contributed by atoms with Gasteiger partial charge in [0.15, 0.2) is 0 Å². The van der Waals surface area contributed by atoms with Crippen LogP contribution in [0.5, 0.6) is 0 Å². The smallest absolute Gasteiger partial charge is 0.297 e. The van der Waals surface area contributed by atoms with Crippen LogP contribution in [0, 0.1) is 16.7 Å². The summed E-state index contributed by atoms with van der Waals surface area (Å²) in [7, 11) is 1.37. The summed E-state index contributed by atoms with van der Waals surface area (Å²) in [4.78, 5) is 16.1. The first-order valence-corrected chi connectivity index (χ1v) is 6.57. The fourth-order valence-corrected chi connectivity index (χ4v) is 1.90. The fraction of sp³-hybridized carbons (Fsp3) is 0.667. The summed E-state index contributed by atoms with van der Waals surface area (Å²) in [6, 6.07) is 2.03. The summed E-state index contributed by atoms with van der Waals surface area (Å²) in [5.74, 6) is 0. The summed E-state index contributed by atoms with van der Waals surface area (Å²) in [5, 5.41) is 12.4. The lowest BCUT2D eigenvalue weighted by molar-refractivity contribution is 0.136. The average molecular weight is 333 g/mol. The molecule has 0 saturated carbocycles. The van der Waals surface area contributed by atoms with E-state index in [1.54, 1.807) is 20.8 Å². The maximum atomic E-state index is 11.5. The zero-order valence-corrected chi connectivity index (χ0v) is 13.3. The molecule has 0 bridgehead atoms. The van der Waals surface area contributed by atoms with Crippen molar-refractivity contribution >= 4 is 58.6 Å². The minimum atomic E-state index is -1.67. The van der Waals surface area contributed by atoms with E-state index >= 15 is 0 Å². The predicted molar refractivity (Wildman–Crippen MR) is 74.6 cm³/mol. The number of halogens is 3.